The van der Waals surface area contributed by atoms with E-state index in [-0.39, 0.29) is 29.1 Å². The standard InChI is InChI=1S/C16H22ClN3O4S/c1-2-12-25(23,24)20(11-5-10-19-9-4-8-15(19)21)16(22)13-6-3-7-14(17)18-13/h3,6-7H,2,4-5,8-12H2,1H3. The van der Waals surface area contributed by atoms with Crippen molar-refractivity contribution in [2.24, 2.45) is 0 Å². The quantitative estimate of drug-likeness (QED) is 0.636. The molecule has 0 N–H and O–H groups in total. The summed E-state index contributed by atoms with van der Waals surface area (Å²) in [5.41, 5.74) is -0.00979. The van der Waals surface area contributed by atoms with Gasteiger partial charge in [0.1, 0.15) is 10.8 Å². The van der Waals surface area contributed by atoms with E-state index in [2.05, 4.69) is 4.98 Å². The van der Waals surface area contributed by atoms with Crippen LogP contribution in [0.15, 0.2) is 18.2 Å². The van der Waals surface area contributed by atoms with Crippen LogP contribution in [0.25, 0.3) is 0 Å². The summed E-state index contributed by atoms with van der Waals surface area (Å²) in [7, 11) is -3.74. The SMILES string of the molecule is CCCS(=O)(=O)N(CCCN1CCCC1=O)C(=O)c1cccc(Cl)n1. The van der Waals surface area contributed by atoms with Crippen LogP contribution in [-0.4, -0.2) is 59.8 Å². The number of hydrogen-bond acceptors (Lipinski definition) is 5. The Morgan fingerprint density at radius 1 is 1.40 bits per heavy atom. The van der Waals surface area contributed by atoms with Gasteiger partial charge in [-0.1, -0.05) is 24.6 Å². The van der Waals surface area contributed by atoms with Gasteiger partial charge in [-0.25, -0.2) is 17.7 Å². The second-order valence-corrected chi connectivity index (χ2v) is 8.28. The topological polar surface area (TPSA) is 87.7 Å². The monoisotopic (exact) mass is 387 g/mol. The third kappa shape index (κ3) is 5.15. The molecule has 1 saturated heterocycles. The Morgan fingerprint density at radius 2 is 2.16 bits per heavy atom. The van der Waals surface area contributed by atoms with Crippen molar-refractivity contribution in [1.82, 2.24) is 14.2 Å². The first-order valence-corrected chi connectivity index (χ1v) is 10.3. The van der Waals surface area contributed by atoms with E-state index in [0.717, 1.165) is 10.7 Å². The molecule has 0 aromatic carbocycles. The molecule has 2 rings (SSSR count). The fourth-order valence-corrected chi connectivity index (χ4v) is 4.39. The predicted octanol–water partition coefficient (Wildman–Crippen LogP) is 1.93. The fraction of sp³-hybridized carbons (Fsp3) is 0.562. The first-order chi connectivity index (χ1) is 11.8. The van der Waals surface area contributed by atoms with E-state index >= 15 is 0 Å². The number of likely N-dealkylation sites (tertiary alicyclic amines) is 1. The highest BCUT2D eigenvalue weighted by atomic mass is 35.5. The highest BCUT2D eigenvalue weighted by molar-refractivity contribution is 7.89. The third-order valence-electron chi connectivity index (χ3n) is 3.92. The van der Waals surface area contributed by atoms with Crippen LogP contribution in [0, 0.1) is 0 Å². The molecule has 9 heteroatoms. The molecular formula is C16H22ClN3O4S. The number of halogens is 1. The van der Waals surface area contributed by atoms with Crippen molar-refractivity contribution in [3.8, 4) is 0 Å². The molecule has 0 unspecified atom stereocenters. The molecule has 0 spiro atoms. The van der Waals surface area contributed by atoms with Gasteiger partial charge in [0.15, 0.2) is 0 Å². The number of aromatic nitrogens is 1. The number of rotatable bonds is 8. The van der Waals surface area contributed by atoms with Gasteiger partial charge in [0.25, 0.3) is 5.91 Å². The Hall–Kier alpha value is -1.67. The van der Waals surface area contributed by atoms with Crippen LogP contribution in [-0.2, 0) is 14.8 Å². The van der Waals surface area contributed by atoms with Gasteiger partial charge in [-0.15, -0.1) is 0 Å². The number of hydrogen-bond donors (Lipinski definition) is 0. The maximum Gasteiger partial charge on any atom is 0.285 e. The molecule has 2 heterocycles. The van der Waals surface area contributed by atoms with Crippen LogP contribution < -0.4 is 0 Å². The molecule has 0 aliphatic carbocycles. The van der Waals surface area contributed by atoms with E-state index in [1.165, 1.54) is 12.1 Å². The molecule has 1 fully saturated rings. The molecule has 0 atom stereocenters. The molecule has 7 nitrogen and oxygen atoms in total. The van der Waals surface area contributed by atoms with Crippen LogP contribution in [0.1, 0.15) is 43.1 Å². The van der Waals surface area contributed by atoms with Gasteiger partial charge < -0.3 is 4.90 Å². The van der Waals surface area contributed by atoms with Crippen LogP contribution >= 0.6 is 11.6 Å². The molecule has 0 bridgehead atoms. The molecule has 1 aromatic heterocycles. The largest absolute Gasteiger partial charge is 0.343 e. The molecule has 138 valence electrons. The lowest BCUT2D eigenvalue weighted by atomic mass is 10.3. The zero-order chi connectivity index (χ0) is 18.4. The summed E-state index contributed by atoms with van der Waals surface area (Å²) in [6.45, 7) is 2.87. The Morgan fingerprint density at radius 3 is 2.76 bits per heavy atom. The van der Waals surface area contributed by atoms with E-state index in [1.807, 2.05) is 0 Å². The summed E-state index contributed by atoms with van der Waals surface area (Å²) < 4.78 is 25.8. The van der Waals surface area contributed by atoms with Gasteiger partial charge in [-0.2, -0.15) is 0 Å². The summed E-state index contributed by atoms with van der Waals surface area (Å²) in [4.78, 5) is 29.9. The van der Waals surface area contributed by atoms with Crippen LogP contribution in [0.2, 0.25) is 5.15 Å². The summed E-state index contributed by atoms with van der Waals surface area (Å²) in [5.74, 6) is -0.739. The zero-order valence-electron chi connectivity index (χ0n) is 14.1. The van der Waals surface area contributed by atoms with Gasteiger partial charge in [-0.3, -0.25) is 9.59 Å². The third-order valence-corrected chi connectivity index (χ3v) is 6.07. The summed E-state index contributed by atoms with van der Waals surface area (Å²) >= 11 is 5.80. The maximum atomic E-state index is 12.7. The molecule has 1 aromatic rings. The van der Waals surface area contributed by atoms with Crippen molar-refractivity contribution >= 4 is 33.4 Å². The van der Waals surface area contributed by atoms with Gasteiger partial charge >= 0.3 is 0 Å². The second-order valence-electron chi connectivity index (χ2n) is 5.88. The van der Waals surface area contributed by atoms with Gasteiger partial charge in [0.05, 0.1) is 5.75 Å². The molecular weight excluding hydrogens is 366 g/mol. The normalized spacial score (nSPS) is 14.8. The molecule has 2 amide bonds. The average Bonchev–Trinajstić information content (AvgIpc) is 2.96. The first kappa shape index (κ1) is 19.7. The zero-order valence-corrected chi connectivity index (χ0v) is 15.7. The number of sulfonamides is 1. The van der Waals surface area contributed by atoms with E-state index < -0.39 is 15.9 Å². The second kappa shape index (κ2) is 8.62. The number of amides is 2. The van der Waals surface area contributed by atoms with Crippen molar-refractivity contribution in [3.63, 3.8) is 0 Å². The minimum atomic E-state index is -3.74. The van der Waals surface area contributed by atoms with E-state index in [4.69, 9.17) is 11.6 Å². The molecule has 0 saturated carbocycles. The minimum absolute atomic E-state index is 0.00979. The lowest BCUT2D eigenvalue weighted by Gasteiger charge is -2.23. The highest BCUT2D eigenvalue weighted by Crippen LogP contribution is 2.15. The Labute approximate surface area is 153 Å². The number of nitrogens with zero attached hydrogens (tertiary/aromatic N) is 3. The van der Waals surface area contributed by atoms with Gasteiger partial charge in [0.2, 0.25) is 15.9 Å². The molecule has 0 radical (unpaired) electrons. The Kier molecular flexibility index (Phi) is 6.78. The summed E-state index contributed by atoms with van der Waals surface area (Å²) in [5, 5.41) is 0.126. The van der Waals surface area contributed by atoms with Crippen LogP contribution in [0.5, 0.6) is 0 Å². The lowest BCUT2D eigenvalue weighted by molar-refractivity contribution is -0.127. The average molecular weight is 388 g/mol. The van der Waals surface area contributed by atoms with Crippen LogP contribution in [0.4, 0.5) is 0 Å². The molecule has 25 heavy (non-hydrogen) atoms. The van der Waals surface area contributed by atoms with E-state index in [1.54, 1.807) is 17.9 Å². The minimum Gasteiger partial charge on any atom is -0.343 e. The smallest absolute Gasteiger partial charge is 0.285 e. The molecule has 1 aliphatic rings. The maximum absolute atomic E-state index is 12.7. The van der Waals surface area contributed by atoms with E-state index in [0.29, 0.717) is 32.4 Å². The van der Waals surface area contributed by atoms with Crippen molar-refractivity contribution < 1.29 is 18.0 Å². The van der Waals surface area contributed by atoms with Gasteiger partial charge in [-0.05, 0) is 31.4 Å². The lowest BCUT2D eigenvalue weighted by Crippen LogP contribution is -2.40. The number of pyridine rings is 1. The van der Waals surface area contributed by atoms with Crippen molar-refractivity contribution in [1.29, 1.82) is 0 Å². The number of carbonyl (C=O) groups excluding carboxylic acids is 2. The molecule has 1 aliphatic heterocycles. The Bertz CT molecular complexity index is 739. The highest BCUT2D eigenvalue weighted by Gasteiger charge is 2.29. The van der Waals surface area contributed by atoms with Crippen molar-refractivity contribution in [3.05, 3.63) is 29.0 Å². The predicted molar refractivity (Wildman–Crippen MR) is 94.8 cm³/mol. The summed E-state index contributed by atoms with van der Waals surface area (Å²) in [6, 6.07) is 4.50. The van der Waals surface area contributed by atoms with Crippen molar-refractivity contribution in [2.75, 3.05) is 25.4 Å². The first-order valence-electron chi connectivity index (χ1n) is 8.30. The number of carbonyl (C=O) groups is 2. The van der Waals surface area contributed by atoms with E-state index in [9.17, 15) is 18.0 Å². The Balaban J connectivity index is 2.12. The van der Waals surface area contributed by atoms with Crippen LogP contribution in [0.3, 0.4) is 0 Å². The van der Waals surface area contributed by atoms with Gasteiger partial charge in [0, 0.05) is 26.1 Å². The fourth-order valence-electron chi connectivity index (χ4n) is 2.74. The summed E-state index contributed by atoms with van der Waals surface area (Å²) in [6.07, 6.45) is 2.14. The van der Waals surface area contributed by atoms with Crippen molar-refractivity contribution in [2.45, 2.75) is 32.6 Å².